The third-order valence-electron chi connectivity index (χ3n) is 4.05. The molecule has 3 rings (SSSR count). The number of aromatic hydroxyl groups is 2. The Kier molecular flexibility index (Phi) is 2.84. The van der Waals surface area contributed by atoms with Gasteiger partial charge in [0.15, 0.2) is 0 Å². The lowest BCUT2D eigenvalue weighted by atomic mass is 9.75. The van der Waals surface area contributed by atoms with Gasteiger partial charge in [-0.1, -0.05) is 39.0 Å². The van der Waals surface area contributed by atoms with Gasteiger partial charge in [-0.3, -0.25) is 4.79 Å². The highest BCUT2D eigenvalue weighted by molar-refractivity contribution is 6.15. The lowest BCUT2D eigenvalue weighted by Gasteiger charge is -2.28. The monoisotopic (exact) mass is 282 g/mol. The molecule has 2 N–H and O–H groups in total. The highest BCUT2D eigenvalue weighted by Crippen LogP contribution is 2.40. The minimum atomic E-state index is -0.298. The topological polar surface area (TPSA) is 57.5 Å². The molecule has 3 heteroatoms. The number of ketones is 1. The van der Waals surface area contributed by atoms with E-state index in [2.05, 4.69) is 20.8 Å². The maximum Gasteiger partial charge on any atom is 0.201 e. The lowest BCUT2D eigenvalue weighted by molar-refractivity contribution is 0.102. The standard InChI is InChI=1S/C18H18O3/c1-18(2,3)12-7-8-14(20)16-11(12)9-10-5-4-6-13(19)15(10)17(16)21/h4-8,19-20H,9H2,1-3H3. The van der Waals surface area contributed by atoms with Crippen LogP contribution < -0.4 is 0 Å². The van der Waals surface area contributed by atoms with Crippen molar-refractivity contribution in [2.45, 2.75) is 32.6 Å². The molecule has 0 amide bonds. The molecule has 21 heavy (non-hydrogen) atoms. The summed E-state index contributed by atoms with van der Waals surface area (Å²) in [5.74, 6) is -0.339. The molecular weight excluding hydrogens is 264 g/mol. The first-order chi connectivity index (χ1) is 9.80. The van der Waals surface area contributed by atoms with Gasteiger partial charge in [-0.15, -0.1) is 0 Å². The third kappa shape index (κ3) is 2.00. The van der Waals surface area contributed by atoms with E-state index in [1.807, 2.05) is 12.1 Å². The van der Waals surface area contributed by atoms with Crippen LogP contribution in [0.25, 0.3) is 0 Å². The van der Waals surface area contributed by atoms with Gasteiger partial charge in [0, 0.05) is 0 Å². The molecule has 0 aliphatic heterocycles. The summed E-state index contributed by atoms with van der Waals surface area (Å²) in [4.78, 5) is 12.7. The van der Waals surface area contributed by atoms with E-state index in [1.54, 1.807) is 12.1 Å². The largest absolute Gasteiger partial charge is 0.507 e. The van der Waals surface area contributed by atoms with E-state index in [0.29, 0.717) is 17.5 Å². The molecule has 0 bridgehead atoms. The van der Waals surface area contributed by atoms with Gasteiger partial charge < -0.3 is 10.2 Å². The van der Waals surface area contributed by atoms with Crippen molar-refractivity contribution in [3.05, 3.63) is 58.1 Å². The summed E-state index contributed by atoms with van der Waals surface area (Å²) in [6, 6.07) is 8.56. The van der Waals surface area contributed by atoms with Crippen molar-refractivity contribution in [1.29, 1.82) is 0 Å². The van der Waals surface area contributed by atoms with Gasteiger partial charge in [0.25, 0.3) is 0 Å². The van der Waals surface area contributed by atoms with E-state index in [9.17, 15) is 15.0 Å². The Bertz CT molecular complexity index is 752. The van der Waals surface area contributed by atoms with Crippen LogP contribution in [0.4, 0.5) is 0 Å². The van der Waals surface area contributed by atoms with E-state index in [1.165, 1.54) is 6.07 Å². The number of carbonyl (C=O) groups excluding carboxylic acids is 1. The fourth-order valence-corrected chi connectivity index (χ4v) is 3.09. The molecule has 0 aromatic heterocycles. The first-order valence-corrected chi connectivity index (χ1v) is 7.01. The molecule has 0 saturated heterocycles. The average Bonchev–Trinajstić information content (AvgIpc) is 2.37. The second-order valence-electron chi connectivity index (χ2n) is 6.55. The predicted molar refractivity (Wildman–Crippen MR) is 81.2 cm³/mol. The van der Waals surface area contributed by atoms with Crippen LogP contribution in [0, 0.1) is 0 Å². The van der Waals surface area contributed by atoms with Crippen molar-refractivity contribution < 1.29 is 15.0 Å². The molecule has 2 aromatic rings. The number of hydrogen-bond donors (Lipinski definition) is 2. The van der Waals surface area contributed by atoms with E-state index in [4.69, 9.17) is 0 Å². The smallest absolute Gasteiger partial charge is 0.201 e. The van der Waals surface area contributed by atoms with Crippen LogP contribution in [-0.4, -0.2) is 16.0 Å². The molecule has 2 aromatic carbocycles. The zero-order valence-electron chi connectivity index (χ0n) is 12.4. The Morgan fingerprint density at radius 1 is 0.952 bits per heavy atom. The van der Waals surface area contributed by atoms with Crippen LogP contribution in [0.2, 0.25) is 0 Å². The summed E-state index contributed by atoms with van der Waals surface area (Å²) >= 11 is 0. The third-order valence-corrected chi connectivity index (χ3v) is 4.05. The van der Waals surface area contributed by atoms with Crippen LogP contribution in [0.5, 0.6) is 11.5 Å². The van der Waals surface area contributed by atoms with Gasteiger partial charge in [-0.2, -0.15) is 0 Å². The molecule has 0 saturated carbocycles. The lowest BCUT2D eigenvalue weighted by Crippen LogP contribution is -2.22. The van der Waals surface area contributed by atoms with Crippen molar-refractivity contribution in [2.24, 2.45) is 0 Å². The second-order valence-corrected chi connectivity index (χ2v) is 6.55. The molecule has 0 fully saturated rings. The Morgan fingerprint density at radius 2 is 1.62 bits per heavy atom. The predicted octanol–water partition coefficient (Wildman–Crippen LogP) is 3.53. The van der Waals surface area contributed by atoms with Gasteiger partial charge in [0.1, 0.15) is 11.5 Å². The van der Waals surface area contributed by atoms with Gasteiger partial charge in [-0.25, -0.2) is 0 Å². The quantitative estimate of drug-likeness (QED) is 0.663. The van der Waals surface area contributed by atoms with E-state index < -0.39 is 0 Å². The normalized spacial score (nSPS) is 13.8. The SMILES string of the molecule is CC(C)(C)c1ccc(O)c2c1Cc1cccc(O)c1C2=O. The van der Waals surface area contributed by atoms with Gasteiger partial charge >= 0.3 is 0 Å². The summed E-state index contributed by atoms with van der Waals surface area (Å²) in [7, 11) is 0. The summed E-state index contributed by atoms with van der Waals surface area (Å²) in [5, 5.41) is 20.1. The number of phenols is 2. The zero-order chi connectivity index (χ0) is 15.4. The van der Waals surface area contributed by atoms with Gasteiger partial charge in [0.2, 0.25) is 5.78 Å². The fraction of sp³-hybridized carbons (Fsp3) is 0.278. The number of phenolic OH excluding ortho intramolecular Hbond substituents is 2. The molecule has 3 nitrogen and oxygen atoms in total. The average molecular weight is 282 g/mol. The Hall–Kier alpha value is -2.29. The van der Waals surface area contributed by atoms with Gasteiger partial charge in [0.05, 0.1) is 11.1 Å². The Balaban J connectivity index is 2.31. The summed E-state index contributed by atoms with van der Waals surface area (Å²) in [6.45, 7) is 6.26. The van der Waals surface area contributed by atoms with Crippen LogP contribution in [0.1, 0.15) is 53.4 Å². The van der Waals surface area contributed by atoms with Crippen molar-refractivity contribution >= 4 is 5.78 Å². The van der Waals surface area contributed by atoms with Crippen LogP contribution in [-0.2, 0) is 11.8 Å². The number of rotatable bonds is 0. The van der Waals surface area contributed by atoms with E-state index >= 15 is 0 Å². The summed E-state index contributed by atoms with van der Waals surface area (Å²) in [5.41, 5.74) is 3.25. The number of fused-ring (bicyclic) bond motifs is 2. The maximum atomic E-state index is 12.7. The molecule has 0 atom stereocenters. The number of carbonyl (C=O) groups is 1. The maximum absolute atomic E-state index is 12.7. The van der Waals surface area contributed by atoms with Crippen molar-refractivity contribution in [1.82, 2.24) is 0 Å². The second kappa shape index (κ2) is 4.35. The first kappa shape index (κ1) is 13.7. The fourth-order valence-electron chi connectivity index (χ4n) is 3.09. The Labute approximate surface area is 123 Å². The highest BCUT2D eigenvalue weighted by atomic mass is 16.3. The van der Waals surface area contributed by atoms with Crippen molar-refractivity contribution in [3.8, 4) is 11.5 Å². The molecular formula is C18H18O3. The van der Waals surface area contributed by atoms with Crippen LogP contribution in [0.3, 0.4) is 0 Å². The van der Waals surface area contributed by atoms with E-state index in [-0.39, 0.29) is 22.7 Å². The van der Waals surface area contributed by atoms with Crippen LogP contribution in [0.15, 0.2) is 30.3 Å². The molecule has 1 aliphatic carbocycles. The van der Waals surface area contributed by atoms with E-state index in [0.717, 1.165) is 16.7 Å². The van der Waals surface area contributed by atoms with Crippen LogP contribution >= 0.6 is 0 Å². The first-order valence-electron chi connectivity index (χ1n) is 7.01. The molecule has 0 unspecified atom stereocenters. The number of hydrogen-bond acceptors (Lipinski definition) is 3. The summed E-state index contributed by atoms with van der Waals surface area (Å²) < 4.78 is 0. The molecule has 0 heterocycles. The molecule has 0 spiro atoms. The molecule has 108 valence electrons. The highest BCUT2D eigenvalue weighted by Gasteiger charge is 2.32. The van der Waals surface area contributed by atoms with Crippen molar-refractivity contribution in [3.63, 3.8) is 0 Å². The van der Waals surface area contributed by atoms with Crippen molar-refractivity contribution in [2.75, 3.05) is 0 Å². The van der Waals surface area contributed by atoms with Gasteiger partial charge in [-0.05, 0) is 40.7 Å². The zero-order valence-corrected chi connectivity index (χ0v) is 12.4. The summed E-state index contributed by atoms with van der Waals surface area (Å²) in [6.07, 6.45) is 0.547. The molecule has 0 radical (unpaired) electrons. The number of benzene rings is 2. The minimum Gasteiger partial charge on any atom is -0.507 e. The molecule has 1 aliphatic rings. The Morgan fingerprint density at radius 3 is 2.29 bits per heavy atom. The minimum absolute atomic E-state index is 0.0168.